The summed E-state index contributed by atoms with van der Waals surface area (Å²) in [4.78, 5) is 0. The second-order valence-electron chi connectivity index (χ2n) is 6.00. The maximum atomic E-state index is 14.0. The highest BCUT2D eigenvalue weighted by atomic mass is 19.1. The predicted octanol–water partition coefficient (Wildman–Crippen LogP) is 1.93. The lowest BCUT2D eigenvalue weighted by atomic mass is 9.75. The van der Waals surface area contributed by atoms with Gasteiger partial charge in [0.1, 0.15) is 5.82 Å². The number of hydrogen-bond donors (Lipinski definition) is 1. The van der Waals surface area contributed by atoms with Gasteiger partial charge in [-0.25, -0.2) is 4.39 Å². The highest BCUT2D eigenvalue weighted by Crippen LogP contribution is 2.36. The first-order chi connectivity index (χ1) is 8.69. The highest BCUT2D eigenvalue weighted by Gasteiger charge is 2.52. The lowest BCUT2D eigenvalue weighted by Crippen LogP contribution is -2.41. The first-order valence-corrected chi connectivity index (χ1v) is 6.44. The van der Waals surface area contributed by atoms with Crippen molar-refractivity contribution in [2.24, 2.45) is 0 Å². The molecule has 0 saturated carbocycles. The summed E-state index contributed by atoms with van der Waals surface area (Å²) < 4.78 is 25.8. The number of aliphatic hydroxyl groups is 1. The van der Waals surface area contributed by atoms with E-state index in [0.29, 0.717) is 11.0 Å². The van der Waals surface area contributed by atoms with Crippen LogP contribution in [0.4, 0.5) is 4.39 Å². The van der Waals surface area contributed by atoms with Gasteiger partial charge in [-0.1, -0.05) is 12.1 Å². The van der Waals surface area contributed by atoms with Gasteiger partial charge in [0.15, 0.2) is 0 Å². The zero-order valence-electron chi connectivity index (χ0n) is 12.1. The molecular weight excluding hydrogens is 246 g/mol. The van der Waals surface area contributed by atoms with Crippen molar-refractivity contribution in [3.05, 3.63) is 29.1 Å². The van der Waals surface area contributed by atoms with E-state index in [2.05, 4.69) is 0 Å². The quantitative estimate of drug-likeness (QED) is 0.831. The van der Waals surface area contributed by atoms with Crippen molar-refractivity contribution in [3.8, 4) is 0 Å². The second kappa shape index (κ2) is 4.58. The maximum absolute atomic E-state index is 14.0. The van der Waals surface area contributed by atoms with Crippen LogP contribution in [0.2, 0.25) is 0 Å². The fraction of sp³-hybridized carbons (Fsp3) is 0.571. The van der Waals surface area contributed by atoms with Crippen LogP contribution in [0.1, 0.15) is 38.8 Å². The molecule has 104 valence electrons. The molecule has 0 bridgehead atoms. The Morgan fingerprint density at radius 2 is 1.68 bits per heavy atom. The SMILES string of the molecule is Cc1c(B2OC(C)(C)C(C)(C)O2)ccc(CO)c1F. The molecule has 1 N–H and O–H groups in total. The molecule has 1 aliphatic heterocycles. The molecule has 0 atom stereocenters. The van der Waals surface area contributed by atoms with Crippen LogP contribution in [0.25, 0.3) is 0 Å². The number of rotatable bonds is 2. The zero-order chi connectivity index (χ0) is 14.4. The second-order valence-corrected chi connectivity index (χ2v) is 6.00. The van der Waals surface area contributed by atoms with Gasteiger partial charge in [-0.05, 0) is 45.6 Å². The van der Waals surface area contributed by atoms with Gasteiger partial charge >= 0.3 is 7.12 Å². The third-order valence-electron chi connectivity index (χ3n) is 4.19. The summed E-state index contributed by atoms with van der Waals surface area (Å²) in [6.45, 7) is 9.20. The molecule has 0 aromatic heterocycles. The smallest absolute Gasteiger partial charge is 0.399 e. The Labute approximate surface area is 113 Å². The van der Waals surface area contributed by atoms with E-state index in [0.717, 1.165) is 0 Å². The summed E-state index contributed by atoms with van der Waals surface area (Å²) in [7, 11) is -0.577. The Balaban J connectivity index is 2.38. The minimum Gasteiger partial charge on any atom is -0.399 e. The monoisotopic (exact) mass is 266 g/mol. The summed E-state index contributed by atoms with van der Waals surface area (Å²) in [5.74, 6) is -0.394. The fourth-order valence-electron chi connectivity index (χ4n) is 2.10. The van der Waals surface area contributed by atoms with Gasteiger partial charge in [-0.2, -0.15) is 0 Å². The van der Waals surface area contributed by atoms with Crippen LogP contribution in [0, 0.1) is 12.7 Å². The van der Waals surface area contributed by atoms with Gasteiger partial charge in [-0.3, -0.25) is 0 Å². The van der Waals surface area contributed by atoms with E-state index in [1.165, 1.54) is 0 Å². The summed E-state index contributed by atoms with van der Waals surface area (Å²) in [6, 6.07) is 3.33. The molecule has 3 nitrogen and oxygen atoms in total. The Hall–Kier alpha value is -0.905. The predicted molar refractivity (Wildman–Crippen MR) is 72.8 cm³/mol. The lowest BCUT2D eigenvalue weighted by molar-refractivity contribution is 0.00578. The van der Waals surface area contributed by atoms with Crippen LogP contribution in [0.5, 0.6) is 0 Å². The molecule has 0 amide bonds. The van der Waals surface area contributed by atoms with Crippen molar-refractivity contribution >= 4 is 12.6 Å². The van der Waals surface area contributed by atoms with Crippen molar-refractivity contribution in [2.45, 2.75) is 52.4 Å². The van der Waals surface area contributed by atoms with Gasteiger partial charge in [0.05, 0.1) is 17.8 Å². The van der Waals surface area contributed by atoms with Crippen LogP contribution in [-0.2, 0) is 15.9 Å². The molecule has 19 heavy (non-hydrogen) atoms. The van der Waals surface area contributed by atoms with Gasteiger partial charge in [0.25, 0.3) is 0 Å². The van der Waals surface area contributed by atoms with E-state index >= 15 is 0 Å². The van der Waals surface area contributed by atoms with E-state index in [-0.39, 0.29) is 12.2 Å². The van der Waals surface area contributed by atoms with Crippen LogP contribution >= 0.6 is 0 Å². The van der Waals surface area contributed by atoms with E-state index in [4.69, 9.17) is 14.4 Å². The van der Waals surface area contributed by atoms with Crippen LogP contribution in [0.15, 0.2) is 12.1 Å². The Morgan fingerprint density at radius 3 is 2.16 bits per heavy atom. The van der Waals surface area contributed by atoms with E-state index in [9.17, 15) is 4.39 Å². The summed E-state index contributed by atoms with van der Waals surface area (Å²) in [5, 5.41) is 9.06. The largest absolute Gasteiger partial charge is 0.495 e. The molecule has 1 fully saturated rings. The maximum Gasteiger partial charge on any atom is 0.495 e. The third-order valence-corrected chi connectivity index (χ3v) is 4.19. The van der Waals surface area contributed by atoms with Gasteiger partial charge in [-0.15, -0.1) is 0 Å². The van der Waals surface area contributed by atoms with E-state index in [1.54, 1.807) is 19.1 Å². The molecule has 1 saturated heterocycles. The molecule has 1 heterocycles. The molecular formula is C14H20BFO3. The minimum atomic E-state index is -0.577. The van der Waals surface area contributed by atoms with Gasteiger partial charge < -0.3 is 14.4 Å². The zero-order valence-corrected chi connectivity index (χ0v) is 12.1. The number of aliphatic hydroxyl groups excluding tert-OH is 1. The van der Waals surface area contributed by atoms with Crippen LogP contribution < -0.4 is 5.46 Å². The Morgan fingerprint density at radius 1 is 1.16 bits per heavy atom. The number of halogens is 1. The normalized spacial score (nSPS) is 20.9. The van der Waals surface area contributed by atoms with Crippen LogP contribution in [0.3, 0.4) is 0 Å². The summed E-state index contributed by atoms with van der Waals surface area (Å²) >= 11 is 0. The average Bonchev–Trinajstić information content (AvgIpc) is 2.51. The lowest BCUT2D eigenvalue weighted by Gasteiger charge is -2.32. The summed E-state index contributed by atoms with van der Waals surface area (Å²) in [5.41, 5.74) is 0.531. The Bertz CT molecular complexity index is 484. The molecule has 0 spiro atoms. The average molecular weight is 266 g/mol. The third kappa shape index (κ3) is 2.31. The van der Waals surface area contributed by atoms with Crippen LogP contribution in [-0.4, -0.2) is 23.4 Å². The van der Waals surface area contributed by atoms with Crippen molar-refractivity contribution < 1.29 is 18.8 Å². The van der Waals surface area contributed by atoms with Crippen molar-refractivity contribution in [3.63, 3.8) is 0 Å². The molecule has 1 aliphatic rings. The number of hydrogen-bond acceptors (Lipinski definition) is 3. The minimum absolute atomic E-state index is 0.290. The topological polar surface area (TPSA) is 38.7 Å². The molecule has 1 aromatic rings. The molecule has 2 rings (SSSR count). The number of benzene rings is 1. The molecule has 0 aliphatic carbocycles. The van der Waals surface area contributed by atoms with Gasteiger partial charge in [0.2, 0.25) is 0 Å². The first-order valence-electron chi connectivity index (χ1n) is 6.44. The van der Waals surface area contributed by atoms with E-state index in [1.807, 2.05) is 27.7 Å². The standard InChI is InChI=1S/C14H20BFO3/c1-9-11(7-6-10(8-17)12(9)16)15-18-13(2,3)14(4,5)19-15/h6-7,17H,8H2,1-5H3. The van der Waals surface area contributed by atoms with Gasteiger partial charge in [0, 0.05) is 5.56 Å². The molecule has 0 unspecified atom stereocenters. The van der Waals surface area contributed by atoms with Crippen molar-refractivity contribution in [2.75, 3.05) is 0 Å². The van der Waals surface area contributed by atoms with Crippen molar-refractivity contribution in [1.82, 2.24) is 0 Å². The summed E-state index contributed by atoms with van der Waals surface area (Å²) in [6.07, 6.45) is 0. The van der Waals surface area contributed by atoms with E-state index < -0.39 is 24.1 Å². The molecule has 1 aromatic carbocycles. The highest BCUT2D eigenvalue weighted by molar-refractivity contribution is 6.62. The fourth-order valence-corrected chi connectivity index (χ4v) is 2.10. The molecule has 5 heteroatoms. The Kier molecular flexibility index (Phi) is 3.50. The first kappa shape index (κ1) is 14.5. The van der Waals surface area contributed by atoms with Crippen molar-refractivity contribution in [1.29, 1.82) is 0 Å². The molecule has 0 radical (unpaired) electrons.